The zero-order valence-corrected chi connectivity index (χ0v) is 17.1. The Morgan fingerprint density at radius 2 is 1.66 bits per heavy atom. The highest BCUT2D eigenvalue weighted by atomic mass is 16.1. The molecule has 150 valence electrons. The highest BCUT2D eigenvalue weighted by molar-refractivity contribution is 5.95. The lowest BCUT2D eigenvalue weighted by atomic mass is 10.1. The van der Waals surface area contributed by atoms with E-state index in [1.54, 1.807) is 12.3 Å². The van der Waals surface area contributed by atoms with Crippen molar-refractivity contribution in [2.75, 3.05) is 32.1 Å². The summed E-state index contributed by atoms with van der Waals surface area (Å²) in [6.07, 6.45) is 2.62. The fourth-order valence-electron chi connectivity index (χ4n) is 3.09. The van der Waals surface area contributed by atoms with Gasteiger partial charge in [-0.3, -0.25) is 4.79 Å². The van der Waals surface area contributed by atoms with Crippen molar-refractivity contribution in [1.82, 2.24) is 15.2 Å². The van der Waals surface area contributed by atoms with Crippen LogP contribution in [-0.4, -0.2) is 43.0 Å². The van der Waals surface area contributed by atoms with E-state index in [0.717, 1.165) is 24.5 Å². The second kappa shape index (κ2) is 10.4. The average molecular weight is 389 g/mol. The predicted octanol–water partition coefficient (Wildman–Crippen LogP) is 4.10. The third kappa shape index (κ3) is 6.16. The molecule has 0 bridgehead atoms. The molecule has 0 atom stereocenters. The lowest BCUT2D eigenvalue weighted by Crippen LogP contribution is -2.27. The van der Waals surface area contributed by atoms with Crippen molar-refractivity contribution in [1.29, 1.82) is 0 Å². The van der Waals surface area contributed by atoms with Gasteiger partial charge in [0, 0.05) is 30.5 Å². The fraction of sp³-hybridized carbons (Fsp3) is 0.250. The normalized spacial score (nSPS) is 10.7. The van der Waals surface area contributed by atoms with E-state index >= 15 is 0 Å². The Morgan fingerprint density at radius 1 is 0.966 bits per heavy atom. The number of nitrogens with zero attached hydrogens (tertiary/aromatic N) is 3. The maximum Gasteiger partial charge on any atom is 0.251 e. The van der Waals surface area contributed by atoms with Gasteiger partial charge in [-0.1, -0.05) is 48.5 Å². The summed E-state index contributed by atoms with van der Waals surface area (Å²) >= 11 is 0. The number of para-hydroxylation sites is 1. The number of anilines is 2. The lowest BCUT2D eigenvalue weighted by Gasteiger charge is -2.24. The number of carbonyl (C=O) groups is 1. The van der Waals surface area contributed by atoms with E-state index in [9.17, 15) is 4.79 Å². The van der Waals surface area contributed by atoms with Crippen molar-refractivity contribution in [2.24, 2.45) is 0 Å². The van der Waals surface area contributed by atoms with Gasteiger partial charge in [-0.2, -0.15) is 0 Å². The lowest BCUT2D eigenvalue weighted by molar-refractivity contribution is 0.0952. The summed E-state index contributed by atoms with van der Waals surface area (Å²) in [5.74, 6) is 0.682. The summed E-state index contributed by atoms with van der Waals surface area (Å²) in [6, 6.07) is 24.0. The molecule has 0 spiro atoms. The molecule has 1 amide bonds. The molecule has 1 aromatic heterocycles. The minimum absolute atomic E-state index is 0.0693. The van der Waals surface area contributed by atoms with Crippen molar-refractivity contribution >= 4 is 17.4 Å². The molecule has 0 unspecified atom stereocenters. The monoisotopic (exact) mass is 388 g/mol. The molecule has 5 nitrogen and oxygen atoms in total. The first-order valence-electron chi connectivity index (χ1n) is 9.89. The average Bonchev–Trinajstić information content (AvgIpc) is 2.76. The molecule has 0 aliphatic rings. The Kier molecular flexibility index (Phi) is 7.36. The van der Waals surface area contributed by atoms with Gasteiger partial charge in [0.2, 0.25) is 0 Å². The van der Waals surface area contributed by atoms with E-state index < -0.39 is 0 Å². The van der Waals surface area contributed by atoms with Crippen LogP contribution in [0.3, 0.4) is 0 Å². The fourth-order valence-corrected chi connectivity index (χ4v) is 3.09. The molecule has 1 N–H and O–H groups in total. The van der Waals surface area contributed by atoms with E-state index in [1.165, 1.54) is 5.56 Å². The minimum atomic E-state index is -0.0693. The van der Waals surface area contributed by atoms with Crippen molar-refractivity contribution in [2.45, 2.75) is 13.0 Å². The van der Waals surface area contributed by atoms with Crippen LogP contribution in [0.1, 0.15) is 22.3 Å². The molecule has 0 aliphatic heterocycles. The van der Waals surface area contributed by atoms with Crippen LogP contribution in [-0.2, 0) is 6.54 Å². The number of benzene rings is 2. The number of nitrogens with one attached hydrogen (secondary N) is 1. The van der Waals surface area contributed by atoms with Crippen LogP contribution in [0.15, 0.2) is 79.0 Å². The number of carbonyl (C=O) groups excluding carboxylic acids is 1. The number of rotatable bonds is 9. The van der Waals surface area contributed by atoms with Gasteiger partial charge in [0.15, 0.2) is 0 Å². The third-order valence-corrected chi connectivity index (χ3v) is 4.60. The Morgan fingerprint density at radius 3 is 2.34 bits per heavy atom. The van der Waals surface area contributed by atoms with Crippen LogP contribution < -0.4 is 10.2 Å². The summed E-state index contributed by atoms with van der Waals surface area (Å²) in [7, 11) is 4.06. The molecule has 0 radical (unpaired) electrons. The third-order valence-electron chi connectivity index (χ3n) is 4.60. The highest BCUT2D eigenvalue weighted by Crippen LogP contribution is 2.26. The number of hydrogen-bond donors (Lipinski definition) is 1. The van der Waals surface area contributed by atoms with Gasteiger partial charge in [-0.15, -0.1) is 0 Å². The van der Waals surface area contributed by atoms with Crippen molar-refractivity contribution < 1.29 is 4.79 Å². The smallest absolute Gasteiger partial charge is 0.251 e. The van der Waals surface area contributed by atoms with Crippen LogP contribution in [0.25, 0.3) is 0 Å². The molecular weight excluding hydrogens is 360 g/mol. The van der Waals surface area contributed by atoms with Crippen molar-refractivity contribution in [3.63, 3.8) is 0 Å². The number of hydrogen-bond acceptors (Lipinski definition) is 4. The molecule has 0 saturated heterocycles. The molecule has 29 heavy (non-hydrogen) atoms. The molecule has 3 aromatic rings. The van der Waals surface area contributed by atoms with Crippen molar-refractivity contribution in [3.8, 4) is 0 Å². The summed E-state index contributed by atoms with van der Waals surface area (Å²) < 4.78 is 0. The first kappa shape index (κ1) is 20.6. The molecule has 0 saturated carbocycles. The molecule has 0 aliphatic carbocycles. The topological polar surface area (TPSA) is 48.5 Å². The predicted molar refractivity (Wildman–Crippen MR) is 118 cm³/mol. The molecular formula is C24H28N4O. The maximum absolute atomic E-state index is 12.6. The Labute approximate surface area is 173 Å². The number of aromatic nitrogens is 1. The molecule has 1 heterocycles. The quantitative estimate of drug-likeness (QED) is 0.561. The summed E-state index contributed by atoms with van der Waals surface area (Å²) in [5.41, 5.74) is 2.83. The maximum atomic E-state index is 12.6. The summed E-state index contributed by atoms with van der Waals surface area (Å²) in [4.78, 5) is 21.4. The van der Waals surface area contributed by atoms with E-state index in [2.05, 4.69) is 44.4 Å². The van der Waals surface area contributed by atoms with Crippen LogP contribution in [0, 0.1) is 0 Å². The Balaban J connectivity index is 1.79. The SMILES string of the molecule is CN(C)CCCNC(=O)c1ccnc(N(Cc2ccccc2)c2ccccc2)c1. The zero-order chi connectivity index (χ0) is 20.5. The molecule has 3 rings (SSSR count). The van der Waals surface area contributed by atoms with Gasteiger partial charge in [0.25, 0.3) is 5.91 Å². The van der Waals surface area contributed by atoms with Gasteiger partial charge in [-0.05, 0) is 56.9 Å². The Hall–Kier alpha value is -3.18. The van der Waals surface area contributed by atoms with Gasteiger partial charge in [-0.25, -0.2) is 4.98 Å². The van der Waals surface area contributed by atoms with Gasteiger partial charge in [0.05, 0.1) is 0 Å². The summed E-state index contributed by atoms with van der Waals surface area (Å²) in [5, 5.41) is 3.00. The van der Waals surface area contributed by atoms with Gasteiger partial charge >= 0.3 is 0 Å². The first-order valence-corrected chi connectivity index (χ1v) is 9.89. The van der Waals surface area contributed by atoms with Gasteiger partial charge in [0.1, 0.15) is 5.82 Å². The zero-order valence-electron chi connectivity index (χ0n) is 17.1. The van der Waals surface area contributed by atoms with Crippen LogP contribution in [0.4, 0.5) is 11.5 Å². The Bertz CT molecular complexity index is 897. The summed E-state index contributed by atoms with van der Waals surface area (Å²) in [6.45, 7) is 2.27. The van der Waals surface area contributed by atoms with E-state index in [4.69, 9.17) is 0 Å². The van der Waals surface area contributed by atoms with Gasteiger partial charge < -0.3 is 15.1 Å². The van der Waals surface area contributed by atoms with Crippen LogP contribution in [0.2, 0.25) is 0 Å². The first-order chi connectivity index (χ1) is 14.1. The van der Waals surface area contributed by atoms with Crippen LogP contribution in [0.5, 0.6) is 0 Å². The largest absolute Gasteiger partial charge is 0.352 e. The highest BCUT2D eigenvalue weighted by Gasteiger charge is 2.14. The van der Waals surface area contributed by atoms with E-state index in [0.29, 0.717) is 18.7 Å². The van der Waals surface area contributed by atoms with Crippen molar-refractivity contribution in [3.05, 3.63) is 90.1 Å². The number of pyridine rings is 1. The second-order valence-corrected chi connectivity index (χ2v) is 7.22. The second-order valence-electron chi connectivity index (χ2n) is 7.22. The molecule has 0 fully saturated rings. The molecule has 2 aromatic carbocycles. The van der Waals surface area contributed by atoms with E-state index in [-0.39, 0.29) is 5.91 Å². The van der Waals surface area contributed by atoms with E-state index in [1.807, 2.05) is 56.6 Å². The standard InChI is InChI=1S/C24H28N4O/c1-27(2)17-9-15-26-24(29)21-14-16-25-23(18-21)28(22-12-7-4-8-13-22)19-20-10-5-3-6-11-20/h3-8,10-14,16,18H,9,15,17,19H2,1-2H3,(H,26,29). The number of amides is 1. The minimum Gasteiger partial charge on any atom is -0.352 e. The molecule has 5 heteroatoms. The van der Waals surface area contributed by atoms with Crippen LogP contribution >= 0.6 is 0 Å².